The molecule has 3 N–H and O–H groups in total. The van der Waals surface area contributed by atoms with Crippen LogP contribution in [0.1, 0.15) is 24.5 Å². The average molecular weight is 479 g/mol. The van der Waals surface area contributed by atoms with Crippen molar-refractivity contribution in [3.63, 3.8) is 0 Å². The molecule has 2 aliphatic heterocycles. The topological polar surface area (TPSA) is 90.9 Å². The van der Waals surface area contributed by atoms with Gasteiger partial charge in [0.2, 0.25) is 0 Å². The summed E-state index contributed by atoms with van der Waals surface area (Å²) in [5.41, 5.74) is 4.78. The monoisotopic (exact) mass is 479 g/mol. The Bertz CT molecular complexity index is 1010. The van der Waals surface area contributed by atoms with E-state index in [-0.39, 0.29) is 12.1 Å². The molecule has 0 spiro atoms. The number of alkyl halides is 3. The number of carboxylic acid groups (broad SMARTS) is 1. The minimum atomic E-state index is -5.08. The number of hydrogen-bond donors (Lipinski definition) is 3. The van der Waals surface area contributed by atoms with Gasteiger partial charge < -0.3 is 25.4 Å². The fourth-order valence-electron chi connectivity index (χ4n) is 3.89. The number of halogens is 3. The molecule has 2 aromatic rings. The second-order valence-corrected chi connectivity index (χ2v) is 8.33. The van der Waals surface area contributed by atoms with Crippen LogP contribution >= 0.6 is 0 Å². The number of urea groups is 1. The second kappa shape index (κ2) is 10.8. The van der Waals surface area contributed by atoms with Gasteiger partial charge >= 0.3 is 18.2 Å². The van der Waals surface area contributed by atoms with E-state index in [4.69, 9.17) is 14.6 Å². The van der Waals surface area contributed by atoms with Crippen molar-refractivity contribution < 1.29 is 32.6 Å². The highest BCUT2D eigenvalue weighted by atomic mass is 19.4. The standard InChI is InChI=1S/C22H27N3O2.C2HF3O2/c1-15-11-19-12-18(7-8-21(19)27-15)17-5-3-16(4-6-17)13-24-22(26)25-10-9-20(14-25)23-2;3-2(4,5)1(6)7/h3-8,12,15,20,23H,9-11,13-14H2,1-2H3,(H,24,26);(H,6,7). The van der Waals surface area contributed by atoms with E-state index in [2.05, 4.69) is 60.0 Å². The van der Waals surface area contributed by atoms with Crippen LogP contribution in [0.15, 0.2) is 42.5 Å². The predicted molar refractivity (Wildman–Crippen MR) is 121 cm³/mol. The number of carbonyl (C=O) groups excluding carboxylic acids is 1. The van der Waals surface area contributed by atoms with Gasteiger partial charge in [0.1, 0.15) is 11.9 Å². The largest absolute Gasteiger partial charge is 0.490 e. The minimum Gasteiger partial charge on any atom is -0.490 e. The number of likely N-dealkylation sites (tertiary alicyclic amines) is 1. The van der Waals surface area contributed by atoms with Gasteiger partial charge in [0.15, 0.2) is 0 Å². The van der Waals surface area contributed by atoms with E-state index >= 15 is 0 Å². The number of ether oxygens (including phenoxy) is 1. The summed E-state index contributed by atoms with van der Waals surface area (Å²) in [6.07, 6.45) is -2.83. The van der Waals surface area contributed by atoms with Crippen molar-refractivity contribution >= 4 is 12.0 Å². The Hall–Kier alpha value is -3.27. The Morgan fingerprint density at radius 2 is 1.79 bits per heavy atom. The molecule has 4 rings (SSSR count). The normalized spacial score (nSPS) is 19.0. The number of benzene rings is 2. The van der Waals surface area contributed by atoms with E-state index < -0.39 is 12.1 Å². The number of amides is 2. The molecule has 184 valence electrons. The zero-order valence-corrected chi connectivity index (χ0v) is 19.0. The summed E-state index contributed by atoms with van der Waals surface area (Å²) in [5, 5.41) is 13.4. The molecule has 0 aromatic heterocycles. The zero-order chi connectivity index (χ0) is 24.9. The first-order chi connectivity index (χ1) is 16.1. The van der Waals surface area contributed by atoms with Gasteiger partial charge in [-0.3, -0.25) is 0 Å². The van der Waals surface area contributed by atoms with E-state index in [9.17, 15) is 18.0 Å². The maximum Gasteiger partial charge on any atom is 0.490 e. The number of hydrogen-bond acceptors (Lipinski definition) is 4. The Labute approximate surface area is 195 Å². The van der Waals surface area contributed by atoms with Gasteiger partial charge in [-0.15, -0.1) is 0 Å². The number of carboxylic acids is 1. The van der Waals surface area contributed by atoms with Crippen LogP contribution in [-0.4, -0.2) is 60.5 Å². The lowest BCUT2D eigenvalue weighted by Crippen LogP contribution is -2.39. The first-order valence-electron chi connectivity index (χ1n) is 11.0. The lowest BCUT2D eigenvalue weighted by Gasteiger charge is -2.17. The highest BCUT2D eigenvalue weighted by molar-refractivity contribution is 5.74. The van der Waals surface area contributed by atoms with Gasteiger partial charge in [0.05, 0.1) is 0 Å². The molecule has 2 atom stereocenters. The summed E-state index contributed by atoms with van der Waals surface area (Å²) in [6, 6.07) is 15.2. The summed E-state index contributed by atoms with van der Waals surface area (Å²) >= 11 is 0. The molecule has 7 nitrogen and oxygen atoms in total. The van der Waals surface area contributed by atoms with E-state index in [1.165, 1.54) is 16.7 Å². The molecule has 34 heavy (non-hydrogen) atoms. The molecule has 1 saturated heterocycles. The van der Waals surface area contributed by atoms with Crippen molar-refractivity contribution in [1.82, 2.24) is 15.5 Å². The molecule has 0 aliphatic carbocycles. The molecule has 2 amide bonds. The van der Waals surface area contributed by atoms with Crippen LogP contribution < -0.4 is 15.4 Å². The number of aliphatic carboxylic acids is 1. The van der Waals surface area contributed by atoms with Crippen LogP contribution in [0.4, 0.5) is 18.0 Å². The molecule has 2 heterocycles. The Kier molecular flexibility index (Phi) is 8.03. The van der Waals surface area contributed by atoms with Crippen molar-refractivity contribution in [2.24, 2.45) is 0 Å². The van der Waals surface area contributed by atoms with Crippen LogP contribution in [0.25, 0.3) is 11.1 Å². The van der Waals surface area contributed by atoms with Crippen molar-refractivity contribution in [3.8, 4) is 16.9 Å². The van der Waals surface area contributed by atoms with Crippen LogP contribution in [0.3, 0.4) is 0 Å². The third kappa shape index (κ3) is 6.63. The molecule has 0 saturated carbocycles. The van der Waals surface area contributed by atoms with Crippen LogP contribution in [0.5, 0.6) is 5.75 Å². The summed E-state index contributed by atoms with van der Waals surface area (Å²) in [7, 11) is 1.95. The molecule has 0 radical (unpaired) electrons. The van der Waals surface area contributed by atoms with Crippen molar-refractivity contribution in [1.29, 1.82) is 0 Å². The maximum atomic E-state index is 12.3. The molecule has 2 aromatic carbocycles. The Balaban J connectivity index is 0.000000406. The molecular formula is C24H28F3N3O4. The van der Waals surface area contributed by atoms with E-state index in [0.717, 1.165) is 37.2 Å². The fourth-order valence-corrected chi connectivity index (χ4v) is 3.89. The summed E-state index contributed by atoms with van der Waals surface area (Å²) in [5.74, 6) is -1.75. The van der Waals surface area contributed by atoms with Crippen LogP contribution in [0.2, 0.25) is 0 Å². The number of carbonyl (C=O) groups is 2. The van der Waals surface area contributed by atoms with E-state index in [1.54, 1.807) is 0 Å². The molecule has 2 unspecified atom stereocenters. The molecule has 2 aliphatic rings. The first-order valence-corrected chi connectivity index (χ1v) is 11.0. The van der Waals surface area contributed by atoms with Crippen molar-refractivity contribution in [3.05, 3.63) is 53.6 Å². The number of rotatable bonds is 4. The number of nitrogens with zero attached hydrogens (tertiary/aromatic N) is 1. The highest BCUT2D eigenvalue weighted by Gasteiger charge is 2.38. The van der Waals surface area contributed by atoms with Gasteiger partial charge in [-0.05, 0) is 54.8 Å². The Morgan fingerprint density at radius 1 is 1.15 bits per heavy atom. The summed E-state index contributed by atoms with van der Waals surface area (Å²) < 4.78 is 37.5. The predicted octanol–water partition coefficient (Wildman–Crippen LogP) is 3.81. The van der Waals surface area contributed by atoms with Gasteiger partial charge in [-0.1, -0.05) is 30.3 Å². The zero-order valence-electron chi connectivity index (χ0n) is 19.0. The number of nitrogens with one attached hydrogen (secondary N) is 2. The van der Waals surface area contributed by atoms with Gasteiger partial charge in [-0.25, -0.2) is 9.59 Å². The first kappa shape index (κ1) is 25.4. The van der Waals surface area contributed by atoms with Crippen molar-refractivity contribution in [2.45, 2.75) is 44.6 Å². The van der Waals surface area contributed by atoms with Crippen LogP contribution in [-0.2, 0) is 17.8 Å². The van der Waals surface area contributed by atoms with Crippen LogP contribution in [0, 0.1) is 0 Å². The second-order valence-electron chi connectivity index (χ2n) is 8.33. The highest BCUT2D eigenvalue weighted by Crippen LogP contribution is 2.32. The van der Waals surface area contributed by atoms with E-state index in [1.807, 2.05) is 11.9 Å². The average Bonchev–Trinajstić information content (AvgIpc) is 3.42. The third-order valence-electron chi connectivity index (χ3n) is 5.75. The van der Waals surface area contributed by atoms with Crippen molar-refractivity contribution in [2.75, 3.05) is 20.1 Å². The SMILES string of the molecule is CNC1CCN(C(=O)NCc2ccc(-c3ccc4c(c3)CC(C)O4)cc2)C1.O=C(O)C(F)(F)F. The lowest BCUT2D eigenvalue weighted by molar-refractivity contribution is -0.192. The summed E-state index contributed by atoms with van der Waals surface area (Å²) in [6.45, 7) is 4.25. The summed E-state index contributed by atoms with van der Waals surface area (Å²) in [4.78, 5) is 23.1. The van der Waals surface area contributed by atoms with Gasteiger partial charge in [0.25, 0.3) is 0 Å². The lowest BCUT2D eigenvalue weighted by atomic mass is 10.00. The molecular weight excluding hydrogens is 451 g/mol. The third-order valence-corrected chi connectivity index (χ3v) is 5.75. The smallest absolute Gasteiger partial charge is 0.490 e. The minimum absolute atomic E-state index is 0.0181. The maximum absolute atomic E-state index is 12.3. The molecule has 1 fully saturated rings. The fraction of sp³-hybridized carbons (Fsp3) is 0.417. The van der Waals surface area contributed by atoms with E-state index in [0.29, 0.717) is 12.6 Å². The Morgan fingerprint density at radius 3 is 2.38 bits per heavy atom. The van der Waals surface area contributed by atoms with Gasteiger partial charge in [-0.2, -0.15) is 13.2 Å². The number of likely N-dealkylation sites (N-methyl/N-ethyl adjacent to an activating group) is 1. The number of fused-ring (bicyclic) bond motifs is 1. The molecule has 10 heteroatoms. The molecule has 0 bridgehead atoms. The van der Waals surface area contributed by atoms with Gasteiger partial charge in [0, 0.05) is 32.1 Å². The quantitative estimate of drug-likeness (QED) is 0.621.